The first-order valence-corrected chi connectivity index (χ1v) is 6.41. The van der Waals surface area contributed by atoms with E-state index < -0.39 is 0 Å². The summed E-state index contributed by atoms with van der Waals surface area (Å²) < 4.78 is 26.6. The van der Waals surface area contributed by atoms with Crippen LogP contribution in [0.4, 0.5) is 14.5 Å². The van der Waals surface area contributed by atoms with E-state index in [4.69, 9.17) is 5.73 Å². The monoisotopic (exact) mass is 285 g/mol. The second-order valence-electron chi connectivity index (χ2n) is 4.84. The van der Waals surface area contributed by atoms with Crippen molar-refractivity contribution in [3.05, 3.63) is 59.8 Å². The van der Waals surface area contributed by atoms with Gasteiger partial charge in [0.1, 0.15) is 17.5 Å². The number of H-pyrrole nitrogens is 1. The molecule has 5 heteroatoms. The van der Waals surface area contributed by atoms with Crippen molar-refractivity contribution in [1.29, 1.82) is 0 Å². The molecule has 106 valence electrons. The van der Waals surface area contributed by atoms with E-state index in [0.29, 0.717) is 22.6 Å². The van der Waals surface area contributed by atoms with Crippen molar-refractivity contribution in [2.75, 3.05) is 5.73 Å². The predicted molar refractivity (Wildman–Crippen MR) is 78.5 cm³/mol. The maximum atomic E-state index is 13.3. The van der Waals surface area contributed by atoms with Crippen molar-refractivity contribution in [1.82, 2.24) is 9.97 Å². The van der Waals surface area contributed by atoms with Crippen LogP contribution in [0.3, 0.4) is 0 Å². The average molecular weight is 285 g/mol. The molecule has 0 amide bonds. The molecule has 0 radical (unpaired) electrons. The van der Waals surface area contributed by atoms with Crippen molar-refractivity contribution in [3.8, 4) is 22.6 Å². The fourth-order valence-corrected chi connectivity index (χ4v) is 2.15. The molecule has 21 heavy (non-hydrogen) atoms. The number of nitrogen functional groups attached to an aromatic ring is 1. The number of nitrogens with one attached hydrogen (secondary N) is 1. The molecule has 0 saturated heterocycles. The molecule has 1 aromatic heterocycles. The lowest BCUT2D eigenvalue weighted by atomic mass is 10.1. The van der Waals surface area contributed by atoms with Gasteiger partial charge in [0.15, 0.2) is 0 Å². The maximum Gasteiger partial charge on any atom is 0.139 e. The number of nitrogens with zero attached hydrogens (tertiary/aromatic N) is 1. The van der Waals surface area contributed by atoms with E-state index in [1.165, 1.54) is 24.3 Å². The summed E-state index contributed by atoms with van der Waals surface area (Å²) in [5, 5.41) is 0. The number of aromatic amines is 1. The van der Waals surface area contributed by atoms with Crippen LogP contribution in [0.5, 0.6) is 0 Å². The Hall–Kier alpha value is -2.69. The molecule has 0 bridgehead atoms. The Morgan fingerprint density at radius 1 is 1.10 bits per heavy atom. The summed E-state index contributed by atoms with van der Waals surface area (Å²) in [5.41, 5.74) is 8.85. The highest BCUT2D eigenvalue weighted by Gasteiger charge is 2.10. The minimum atomic E-state index is -0.380. The van der Waals surface area contributed by atoms with Gasteiger partial charge in [0.05, 0.1) is 11.9 Å². The standard InChI is InChI=1S/C16H13F2N3/c1-9-6-10(2-4-13(9)18)15-8-20-16(21-15)12-7-11(17)3-5-14(12)19/h2-8H,19H2,1H3,(H,20,21). The van der Waals surface area contributed by atoms with E-state index in [1.54, 1.807) is 25.3 Å². The third-order valence-corrected chi connectivity index (χ3v) is 3.32. The first kappa shape index (κ1) is 13.3. The lowest BCUT2D eigenvalue weighted by Gasteiger charge is -2.03. The van der Waals surface area contributed by atoms with Gasteiger partial charge in [-0.25, -0.2) is 13.8 Å². The minimum Gasteiger partial charge on any atom is -0.398 e. The molecule has 0 aliphatic rings. The summed E-state index contributed by atoms with van der Waals surface area (Å²) >= 11 is 0. The van der Waals surface area contributed by atoms with Crippen LogP contribution in [-0.4, -0.2) is 9.97 Å². The van der Waals surface area contributed by atoms with Gasteiger partial charge in [-0.2, -0.15) is 0 Å². The molecule has 0 aliphatic heterocycles. The molecular weight excluding hydrogens is 272 g/mol. The zero-order valence-corrected chi connectivity index (χ0v) is 11.3. The third-order valence-electron chi connectivity index (χ3n) is 3.32. The molecule has 0 fully saturated rings. The molecule has 2 aromatic carbocycles. The summed E-state index contributed by atoms with van der Waals surface area (Å²) in [6.07, 6.45) is 1.62. The molecule has 0 atom stereocenters. The van der Waals surface area contributed by atoms with E-state index in [2.05, 4.69) is 9.97 Å². The van der Waals surface area contributed by atoms with Gasteiger partial charge in [-0.3, -0.25) is 0 Å². The van der Waals surface area contributed by atoms with Crippen LogP contribution < -0.4 is 5.73 Å². The Labute approximate surface area is 120 Å². The quantitative estimate of drug-likeness (QED) is 0.701. The smallest absolute Gasteiger partial charge is 0.139 e. The van der Waals surface area contributed by atoms with Crippen molar-refractivity contribution in [2.24, 2.45) is 0 Å². The van der Waals surface area contributed by atoms with Gasteiger partial charge in [0.2, 0.25) is 0 Å². The topological polar surface area (TPSA) is 54.7 Å². The Morgan fingerprint density at radius 3 is 2.67 bits per heavy atom. The molecule has 3 N–H and O–H groups in total. The third kappa shape index (κ3) is 2.50. The SMILES string of the molecule is Cc1cc(-c2cnc(-c3cc(F)ccc3N)[nH]2)ccc1F. The van der Waals surface area contributed by atoms with Gasteiger partial charge >= 0.3 is 0 Å². The number of hydrogen-bond acceptors (Lipinski definition) is 2. The number of aromatic nitrogens is 2. The first-order valence-electron chi connectivity index (χ1n) is 6.41. The van der Waals surface area contributed by atoms with Gasteiger partial charge in [0.25, 0.3) is 0 Å². The van der Waals surface area contributed by atoms with Crippen LogP contribution in [0.15, 0.2) is 42.6 Å². The van der Waals surface area contributed by atoms with Crippen molar-refractivity contribution < 1.29 is 8.78 Å². The molecule has 3 rings (SSSR count). The first-order chi connectivity index (χ1) is 10.0. The second-order valence-corrected chi connectivity index (χ2v) is 4.84. The van der Waals surface area contributed by atoms with Gasteiger partial charge in [0, 0.05) is 16.8 Å². The van der Waals surface area contributed by atoms with Crippen LogP contribution in [0.2, 0.25) is 0 Å². The molecule has 3 aromatic rings. The Kier molecular flexibility index (Phi) is 3.17. The normalized spacial score (nSPS) is 10.8. The number of benzene rings is 2. The Morgan fingerprint density at radius 2 is 1.90 bits per heavy atom. The molecular formula is C16H13F2N3. The van der Waals surface area contributed by atoms with E-state index in [-0.39, 0.29) is 11.6 Å². The fourth-order valence-electron chi connectivity index (χ4n) is 2.15. The summed E-state index contributed by atoms with van der Waals surface area (Å²) in [7, 11) is 0. The fraction of sp³-hybridized carbons (Fsp3) is 0.0625. The second kappa shape index (κ2) is 5.01. The van der Waals surface area contributed by atoms with Gasteiger partial charge in [-0.15, -0.1) is 0 Å². The average Bonchev–Trinajstić information content (AvgIpc) is 2.94. The van der Waals surface area contributed by atoms with Crippen LogP contribution in [0.1, 0.15) is 5.56 Å². The summed E-state index contributed by atoms with van der Waals surface area (Å²) in [4.78, 5) is 7.30. The predicted octanol–water partition coefficient (Wildman–Crippen LogP) is 3.91. The van der Waals surface area contributed by atoms with E-state index >= 15 is 0 Å². The largest absolute Gasteiger partial charge is 0.398 e. The number of hydrogen-bond donors (Lipinski definition) is 2. The zero-order valence-electron chi connectivity index (χ0n) is 11.3. The van der Waals surface area contributed by atoms with Crippen LogP contribution in [0, 0.1) is 18.6 Å². The molecule has 1 heterocycles. The summed E-state index contributed by atoms with van der Waals surface area (Å²) in [6.45, 7) is 1.70. The number of rotatable bonds is 2. The number of imidazole rings is 1. The number of nitrogens with two attached hydrogens (primary N) is 1. The van der Waals surface area contributed by atoms with Crippen LogP contribution in [0.25, 0.3) is 22.6 Å². The molecule has 0 saturated carbocycles. The molecule has 0 unspecified atom stereocenters. The summed E-state index contributed by atoms with van der Waals surface area (Å²) in [5.74, 6) is -0.161. The number of halogens is 2. The molecule has 3 nitrogen and oxygen atoms in total. The number of aryl methyl sites for hydroxylation is 1. The van der Waals surface area contributed by atoms with E-state index in [1.807, 2.05) is 0 Å². The lowest BCUT2D eigenvalue weighted by molar-refractivity contribution is 0.618. The lowest BCUT2D eigenvalue weighted by Crippen LogP contribution is -1.92. The van der Waals surface area contributed by atoms with Crippen molar-refractivity contribution in [2.45, 2.75) is 6.92 Å². The highest BCUT2D eigenvalue weighted by molar-refractivity contribution is 5.73. The number of anilines is 1. The molecule has 0 aliphatic carbocycles. The maximum absolute atomic E-state index is 13.3. The van der Waals surface area contributed by atoms with Crippen molar-refractivity contribution >= 4 is 5.69 Å². The van der Waals surface area contributed by atoms with Crippen LogP contribution >= 0.6 is 0 Å². The zero-order chi connectivity index (χ0) is 15.0. The minimum absolute atomic E-state index is 0.257. The highest BCUT2D eigenvalue weighted by atomic mass is 19.1. The molecule has 0 spiro atoms. The van der Waals surface area contributed by atoms with Crippen molar-refractivity contribution in [3.63, 3.8) is 0 Å². The van der Waals surface area contributed by atoms with Gasteiger partial charge in [-0.05, 0) is 48.9 Å². The highest BCUT2D eigenvalue weighted by Crippen LogP contribution is 2.27. The van der Waals surface area contributed by atoms with Crippen LogP contribution in [-0.2, 0) is 0 Å². The van der Waals surface area contributed by atoms with Gasteiger partial charge in [-0.1, -0.05) is 0 Å². The van der Waals surface area contributed by atoms with Gasteiger partial charge < -0.3 is 10.7 Å². The van der Waals surface area contributed by atoms with E-state index in [0.717, 1.165) is 11.3 Å². The Balaban J connectivity index is 2.03. The van der Waals surface area contributed by atoms with E-state index in [9.17, 15) is 8.78 Å². The Bertz CT molecular complexity index is 809. The summed E-state index contributed by atoms with van der Waals surface area (Å²) in [6, 6.07) is 8.91.